The average molecular weight is 425 g/mol. The monoisotopic (exact) mass is 424 g/mol. The maximum Gasteiger partial charge on any atom is 0.232 e. The SMILES string of the molecule is Cc1ccc(C)c(N(CCCC(=O)NCc2ccc3ccccc3c2)S(C)(=O)=O)c1. The van der Waals surface area contributed by atoms with Crippen molar-refractivity contribution in [3.05, 3.63) is 77.4 Å². The van der Waals surface area contributed by atoms with Crippen LogP contribution in [0.3, 0.4) is 0 Å². The summed E-state index contributed by atoms with van der Waals surface area (Å²) in [5, 5.41) is 5.24. The molecular formula is C24H28N2O3S. The number of rotatable bonds is 8. The Morgan fingerprint density at radius 1 is 0.967 bits per heavy atom. The second-order valence-corrected chi connectivity index (χ2v) is 9.59. The van der Waals surface area contributed by atoms with Gasteiger partial charge in [-0.05, 0) is 59.9 Å². The fourth-order valence-corrected chi connectivity index (χ4v) is 4.49. The molecule has 0 atom stereocenters. The number of nitrogens with zero attached hydrogens (tertiary/aromatic N) is 1. The van der Waals surface area contributed by atoms with E-state index in [2.05, 4.69) is 17.4 Å². The second-order valence-electron chi connectivity index (χ2n) is 7.69. The van der Waals surface area contributed by atoms with Crippen molar-refractivity contribution in [1.82, 2.24) is 5.32 Å². The van der Waals surface area contributed by atoms with E-state index < -0.39 is 10.0 Å². The summed E-state index contributed by atoms with van der Waals surface area (Å²) in [5.74, 6) is -0.0856. The smallest absolute Gasteiger partial charge is 0.232 e. The lowest BCUT2D eigenvalue weighted by molar-refractivity contribution is -0.121. The van der Waals surface area contributed by atoms with Gasteiger partial charge in [0.15, 0.2) is 0 Å². The van der Waals surface area contributed by atoms with Crippen molar-refractivity contribution in [2.45, 2.75) is 33.2 Å². The van der Waals surface area contributed by atoms with Gasteiger partial charge in [-0.15, -0.1) is 0 Å². The minimum atomic E-state index is -3.43. The molecule has 0 aliphatic rings. The van der Waals surface area contributed by atoms with Crippen molar-refractivity contribution in [3.63, 3.8) is 0 Å². The van der Waals surface area contributed by atoms with Crippen LogP contribution in [0.4, 0.5) is 5.69 Å². The average Bonchev–Trinajstić information content (AvgIpc) is 2.70. The third kappa shape index (κ3) is 5.60. The Morgan fingerprint density at radius 3 is 2.43 bits per heavy atom. The molecule has 5 nitrogen and oxygen atoms in total. The third-order valence-corrected chi connectivity index (χ3v) is 6.28. The van der Waals surface area contributed by atoms with Gasteiger partial charge in [0.2, 0.25) is 15.9 Å². The highest BCUT2D eigenvalue weighted by atomic mass is 32.2. The molecule has 0 heterocycles. The molecule has 0 radical (unpaired) electrons. The Hall–Kier alpha value is -2.86. The third-order valence-electron chi connectivity index (χ3n) is 5.10. The summed E-state index contributed by atoms with van der Waals surface area (Å²) in [6.07, 6.45) is 1.92. The van der Waals surface area contributed by atoms with Gasteiger partial charge in [0.1, 0.15) is 0 Å². The zero-order valence-corrected chi connectivity index (χ0v) is 18.5. The molecule has 3 aromatic rings. The van der Waals surface area contributed by atoms with Crippen LogP contribution in [-0.4, -0.2) is 27.1 Å². The number of fused-ring (bicyclic) bond motifs is 1. The molecule has 3 aromatic carbocycles. The normalized spacial score (nSPS) is 11.4. The molecule has 3 rings (SSSR count). The van der Waals surface area contributed by atoms with Crippen LogP contribution in [0.1, 0.15) is 29.5 Å². The minimum Gasteiger partial charge on any atom is -0.352 e. The second kappa shape index (κ2) is 9.30. The first-order chi connectivity index (χ1) is 14.2. The van der Waals surface area contributed by atoms with Crippen LogP contribution in [0.15, 0.2) is 60.7 Å². The van der Waals surface area contributed by atoms with Crippen LogP contribution < -0.4 is 9.62 Å². The van der Waals surface area contributed by atoms with Crippen LogP contribution in [0.25, 0.3) is 10.8 Å². The molecule has 0 saturated heterocycles. The fourth-order valence-electron chi connectivity index (χ4n) is 3.47. The maximum atomic E-state index is 12.3. The molecular weight excluding hydrogens is 396 g/mol. The summed E-state index contributed by atoms with van der Waals surface area (Å²) >= 11 is 0. The van der Waals surface area contributed by atoms with Crippen molar-refractivity contribution in [2.75, 3.05) is 17.1 Å². The predicted molar refractivity (Wildman–Crippen MR) is 123 cm³/mol. The fraction of sp³-hybridized carbons (Fsp3) is 0.292. The Balaban J connectivity index is 1.56. The molecule has 158 valence electrons. The van der Waals surface area contributed by atoms with Crippen molar-refractivity contribution < 1.29 is 13.2 Å². The summed E-state index contributed by atoms with van der Waals surface area (Å²) in [5.41, 5.74) is 3.61. The number of anilines is 1. The Bertz CT molecular complexity index is 1160. The largest absolute Gasteiger partial charge is 0.352 e. The molecule has 0 unspecified atom stereocenters. The molecule has 0 aliphatic carbocycles. The molecule has 0 fully saturated rings. The number of hydrogen-bond donors (Lipinski definition) is 1. The highest BCUT2D eigenvalue weighted by Gasteiger charge is 2.19. The number of carbonyl (C=O) groups excluding carboxylic acids is 1. The van der Waals surface area contributed by atoms with E-state index >= 15 is 0 Å². The van der Waals surface area contributed by atoms with Crippen LogP contribution >= 0.6 is 0 Å². The number of sulfonamides is 1. The molecule has 1 N–H and O–H groups in total. The van der Waals surface area contributed by atoms with Gasteiger partial charge in [-0.3, -0.25) is 9.10 Å². The van der Waals surface area contributed by atoms with E-state index in [1.165, 1.54) is 15.9 Å². The van der Waals surface area contributed by atoms with Crippen LogP contribution in [0.2, 0.25) is 0 Å². The molecule has 30 heavy (non-hydrogen) atoms. The van der Waals surface area contributed by atoms with Gasteiger partial charge in [-0.25, -0.2) is 8.42 Å². The highest BCUT2D eigenvalue weighted by Crippen LogP contribution is 2.24. The minimum absolute atomic E-state index is 0.0856. The number of aryl methyl sites for hydroxylation is 2. The van der Waals surface area contributed by atoms with Crippen molar-refractivity contribution in [2.24, 2.45) is 0 Å². The molecule has 1 amide bonds. The Kier molecular flexibility index (Phi) is 6.77. The van der Waals surface area contributed by atoms with Crippen molar-refractivity contribution >= 4 is 32.4 Å². The summed E-state index contributed by atoms with van der Waals surface area (Å²) in [4.78, 5) is 12.3. The van der Waals surface area contributed by atoms with Gasteiger partial charge in [0.25, 0.3) is 0 Å². The number of nitrogens with one attached hydrogen (secondary N) is 1. The lowest BCUT2D eigenvalue weighted by Crippen LogP contribution is -2.32. The number of amides is 1. The van der Waals surface area contributed by atoms with Gasteiger partial charge in [-0.1, -0.05) is 48.5 Å². The van der Waals surface area contributed by atoms with E-state index in [0.717, 1.165) is 22.1 Å². The lowest BCUT2D eigenvalue weighted by Gasteiger charge is -2.24. The first-order valence-corrected chi connectivity index (χ1v) is 11.9. The van der Waals surface area contributed by atoms with E-state index in [1.807, 2.05) is 62.4 Å². The van der Waals surface area contributed by atoms with E-state index in [-0.39, 0.29) is 18.9 Å². The molecule has 0 saturated carbocycles. The molecule has 0 bridgehead atoms. The number of benzene rings is 3. The highest BCUT2D eigenvalue weighted by molar-refractivity contribution is 7.92. The number of hydrogen-bond acceptors (Lipinski definition) is 3. The maximum absolute atomic E-state index is 12.3. The lowest BCUT2D eigenvalue weighted by atomic mass is 10.1. The van der Waals surface area contributed by atoms with E-state index in [9.17, 15) is 13.2 Å². The first kappa shape index (κ1) is 21.8. The van der Waals surface area contributed by atoms with E-state index in [1.54, 1.807) is 0 Å². The van der Waals surface area contributed by atoms with Gasteiger partial charge in [-0.2, -0.15) is 0 Å². The molecule has 0 aliphatic heterocycles. The van der Waals surface area contributed by atoms with Gasteiger partial charge in [0.05, 0.1) is 11.9 Å². The van der Waals surface area contributed by atoms with E-state index in [0.29, 0.717) is 18.7 Å². The van der Waals surface area contributed by atoms with Gasteiger partial charge >= 0.3 is 0 Å². The van der Waals surface area contributed by atoms with Crippen LogP contribution in [-0.2, 0) is 21.4 Å². The summed E-state index contributed by atoms with van der Waals surface area (Å²) in [6.45, 7) is 4.55. The topological polar surface area (TPSA) is 66.5 Å². The predicted octanol–water partition coefficient (Wildman–Crippen LogP) is 4.32. The number of carbonyl (C=O) groups is 1. The van der Waals surface area contributed by atoms with Crippen LogP contribution in [0, 0.1) is 13.8 Å². The van der Waals surface area contributed by atoms with Crippen molar-refractivity contribution in [1.29, 1.82) is 0 Å². The summed E-state index contributed by atoms with van der Waals surface area (Å²) in [6, 6.07) is 20.0. The van der Waals surface area contributed by atoms with Crippen molar-refractivity contribution in [3.8, 4) is 0 Å². The van der Waals surface area contributed by atoms with E-state index in [4.69, 9.17) is 0 Å². The van der Waals surface area contributed by atoms with Gasteiger partial charge < -0.3 is 5.32 Å². The quantitative estimate of drug-likeness (QED) is 0.586. The van der Waals surface area contributed by atoms with Crippen LogP contribution in [0.5, 0.6) is 0 Å². The Morgan fingerprint density at radius 2 is 1.70 bits per heavy atom. The van der Waals surface area contributed by atoms with Gasteiger partial charge in [0, 0.05) is 19.5 Å². The zero-order chi connectivity index (χ0) is 21.7. The standard InChI is InChI=1S/C24H28N2O3S/c1-18-10-11-19(2)23(15-18)26(30(3,28)29)14-6-9-24(27)25-17-20-12-13-21-7-4-5-8-22(21)16-20/h4-5,7-8,10-13,15-16H,6,9,14,17H2,1-3H3,(H,25,27). The summed E-state index contributed by atoms with van der Waals surface area (Å²) in [7, 11) is -3.43. The molecule has 6 heteroatoms. The first-order valence-electron chi connectivity index (χ1n) is 10.0. The molecule has 0 spiro atoms. The zero-order valence-electron chi connectivity index (χ0n) is 17.7. The Labute approximate surface area is 178 Å². The summed E-state index contributed by atoms with van der Waals surface area (Å²) < 4.78 is 26.0. The molecule has 0 aromatic heterocycles.